The van der Waals surface area contributed by atoms with Gasteiger partial charge in [-0.1, -0.05) is 103 Å². The van der Waals surface area contributed by atoms with Gasteiger partial charge < -0.3 is 40.9 Å². The molecular formula is C49H72N4O11. The maximum absolute atomic E-state index is 14.0. The number of hydrogen-bond acceptors (Lipinski definition) is 10. The minimum absolute atomic E-state index is 0.116. The Morgan fingerprint density at radius 2 is 1.33 bits per heavy atom. The van der Waals surface area contributed by atoms with E-state index in [0.717, 1.165) is 30.6 Å². The van der Waals surface area contributed by atoms with Gasteiger partial charge in [0.25, 0.3) is 0 Å². The molecule has 0 saturated carbocycles. The summed E-state index contributed by atoms with van der Waals surface area (Å²) in [4.78, 5) is 94.6. The number of carbonyl (C=O) groups excluding carboxylic acids is 6. The summed E-state index contributed by atoms with van der Waals surface area (Å²) in [5.74, 6) is -5.88. The number of carboxylic acids is 1. The van der Waals surface area contributed by atoms with Gasteiger partial charge in [-0.25, -0.2) is 4.79 Å². The lowest BCUT2D eigenvalue weighted by Crippen LogP contribution is -2.46. The Bertz CT molecular complexity index is 1900. The zero-order valence-electron chi connectivity index (χ0n) is 38.5. The standard InChI is InChI=1S/C49H72N4O11/c1-6-7-8-9-10-11-12-13-14-15-16-17-18-19-45(60)52(4)36(31-54)30-44(59)50-33(3)40(55)24-25-46(61)53(5)47-35-21-23-42(57)38(29-35)37-27-34(20-22-41(37)56)28-39(49(63)64)51-48(62)32(2)26-43(47)58/h20-23,27,29,32-33,36,39,47,54,56-57H,6-19,24-26,28,30-31H2,1-5H3,(H,50,59)(H,51,62)(H,63,64)/t32-,33-,36+,39+,47+/m1/s1. The van der Waals surface area contributed by atoms with Crippen LogP contribution in [-0.2, 0) is 40.0 Å². The van der Waals surface area contributed by atoms with Gasteiger partial charge in [0.15, 0.2) is 11.6 Å². The van der Waals surface area contributed by atoms with Crippen LogP contribution in [0.15, 0.2) is 36.4 Å². The van der Waals surface area contributed by atoms with E-state index in [1.54, 1.807) is 7.05 Å². The molecule has 4 bridgehead atoms. The highest BCUT2D eigenvalue weighted by Crippen LogP contribution is 2.39. The van der Waals surface area contributed by atoms with Gasteiger partial charge in [-0.3, -0.25) is 28.8 Å². The number of ketones is 2. The van der Waals surface area contributed by atoms with E-state index < -0.39 is 71.9 Å². The van der Waals surface area contributed by atoms with E-state index >= 15 is 0 Å². The summed E-state index contributed by atoms with van der Waals surface area (Å²) in [5, 5.41) is 46.6. The molecule has 0 aliphatic carbocycles. The van der Waals surface area contributed by atoms with E-state index in [0.29, 0.717) is 12.0 Å². The Morgan fingerprint density at radius 1 is 0.766 bits per heavy atom. The molecule has 354 valence electrons. The second kappa shape index (κ2) is 27.1. The number of nitrogens with one attached hydrogen (secondary N) is 2. The second-order valence-electron chi connectivity index (χ2n) is 17.5. The minimum Gasteiger partial charge on any atom is -0.507 e. The van der Waals surface area contributed by atoms with Crippen LogP contribution in [0.1, 0.15) is 154 Å². The molecule has 0 unspecified atom stereocenters. The number of phenolic OH excluding ortho intramolecular Hbond substituents is 2. The number of fused-ring (bicyclic) bond motifs is 5. The molecule has 64 heavy (non-hydrogen) atoms. The van der Waals surface area contributed by atoms with Crippen LogP contribution in [0, 0.1) is 5.92 Å². The Labute approximate surface area is 378 Å². The van der Waals surface area contributed by atoms with Crippen molar-refractivity contribution in [3.8, 4) is 22.6 Å². The highest BCUT2D eigenvalue weighted by atomic mass is 16.4. The molecule has 2 aromatic carbocycles. The fraction of sp³-hybridized carbons (Fsp3) is 0.612. The lowest BCUT2D eigenvalue weighted by Gasteiger charge is -2.29. The molecule has 1 heterocycles. The molecule has 0 spiro atoms. The predicted molar refractivity (Wildman–Crippen MR) is 243 cm³/mol. The second-order valence-corrected chi connectivity index (χ2v) is 17.5. The highest BCUT2D eigenvalue weighted by Gasteiger charge is 2.34. The molecule has 0 fully saturated rings. The van der Waals surface area contributed by atoms with Crippen LogP contribution in [0.25, 0.3) is 11.1 Å². The lowest BCUT2D eigenvalue weighted by atomic mass is 9.89. The number of carboxylic acid groups (broad SMARTS) is 1. The predicted octanol–water partition coefficient (Wildman–Crippen LogP) is 6.53. The Kier molecular flexibility index (Phi) is 22.5. The maximum atomic E-state index is 14.0. The highest BCUT2D eigenvalue weighted by molar-refractivity contribution is 5.96. The Hall–Kier alpha value is -5.31. The third kappa shape index (κ3) is 16.7. The van der Waals surface area contributed by atoms with Crippen LogP contribution < -0.4 is 10.6 Å². The molecule has 1 aliphatic rings. The molecule has 0 saturated heterocycles. The summed E-state index contributed by atoms with van der Waals surface area (Å²) in [6, 6.07) is 4.03. The Balaban J connectivity index is 1.57. The molecule has 2 aromatic rings. The SMILES string of the molecule is CCCCCCCCCCCCCCCC(=O)N(C)[C@H](CO)CC(=O)N[C@H](C)C(=O)CCC(=O)N(C)[C@@H]1C(=O)C[C@@H](C)C(=O)N[C@H](C(=O)O)Cc2ccc(O)c(c2)-c2cc1ccc2O. The van der Waals surface area contributed by atoms with Gasteiger partial charge in [0.2, 0.25) is 23.6 Å². The number of benzene rings is 2. The van der Waals surface area contributed by atoms with E-state index in [2.05, 4.69) is 17.6 Å². The van der Waals surface area contributed by atoms with Crippen LogP contribution in [0.4, 0.5) is 0 Å². The number of Topliss-reactive ketones (excluding diaryl/α,β-unsaturated/α-hetero) is 2. The topological polar surface area (TPSA) is 231 Å². The lowest BCUT2D eigenvalue weighted by molar-refractivity contribution is -0.143. The number of rotatable bonds is 25. The van der Waals surface area contributed by atoms with E-state index in [1.807, 2.05) is 0 Å². The molecule has 15 heteroatoms. The molecule has 1 aliphatic heterocycles. The Morgan fingerprint density at radius 3 is 1.91 bits per heavy atom. The summed E-state index contributed by atoms with van der Waals surface area (Å²) >= 11 is 0. The normalized spacial score (nSPS) is 17.4. The maximum Gasteiger partial charge on any atom is 0.326 e. The van der Waals surface area contributed by atoms with Crippen molar-refractivity contribution in [1.82, 2.24) is 20.4 Å². The van der Waals surface area contributed by atoms with Crippen LogP contribution >= 0.6 is 0 Å². The monoisotopic (exact) mass is 893 g/mol. The van der Waals surface area contributed by atoms with E-state index in [1.165, 1.54) is 120 Å². The van der Waals surface area contributed by atoms with E-state index in [9.17, 15) is 54.0 Å². The average molecular weight is 893 g/mol. The number of aliphatic hydroxyl groups excluding tert-OH is 1. The quantitative estimate of drug-likeness (QED) is 0.0587. The largest absolute Gasteiger partial charge is 0.507 e. The average Bonchev–Trinajstić information content (AvgIpc) is 3.26. The molecule has 6 N–H and O–H groups in total. The van der Waals surface area contributed by atoms with Gasteiger partial charge in [-0.2, -0.15) is 0 Å². The van der Waals surface area contributed by atoms with E-state index in [-0.39, 0.29) is 66.2 Å². The first-order valence-corrected chi connectivity index (χ1v) is 23.1. The fourth-order valence-corrected chi connectivity index (χ4v) is 8.11. The molecule has 5 atom stereocenters. The number of nitrogens with zero attached hydrogens (tertiary/aromatic N) is 2. The molecular weight excluding hydrogens is 821 g/mol. The van der Waals surface area contributed by atoms with Crippen molar-refractivity contribution in [1.29, 1.82) is 0 Å². The zero-order chi connectivity index (χ0) is 47.3. The van der Waals surface area contributed by atoms with Gasteiger partial charge in [-0.15, -0.1) is 0 Å². The van der Waals surface area contributed by atoms with Crippen LogP contribution in [0.5, 0.6) is 11.5 Å². The van der Waals surface area contributed by atoms with Crippen molar-refractivity contribution in [2.45, 2.75) is 167 Å². The van der Waals surface area contributed by atoms with Crippen molar-refractivity contribution in [3.05, 3.63) is 47.5 Å². The smallest absolute Gasteiger partial charge is 0.326 e. The number of aromatic hydroxyl groups is 2. The van der Waals surface area contributed by atoms with Gasteiger partial charge in [0.1, 0.15) is 23.6 Å². The number of amides is 4. The van der Waals surface area contributed by atoms with Crippen LogP contribution in [0.2, 0.25) is 0 Å². The number of likely N-dealkylation sites (N-methyl/N-ethyl adjacent to an activating group) is 2. The molecule has 4 amide bonds. The zero-order valence-corrected chi connectivity index (χ0v) is 38.5. The van der Waals surface area contributed by atoms with Crippen molar-refractivity contribution in [2.75, 3.05) is 20.7 Å². The first-order valence-electron chi connectivity index (χ1n) is 23.1. The summed E-state index contributed by atoms with van der Waals surface area (Å²) in [7, 11) is 2.92. The van der Waals surface area contributed by atoms with Gasteiger partial charge >= 0.3 is 5.97 Å². The molecule has 3 rings (SSSR count). The molecule has 15 nitrogen and oxygen atoms in total. The third-order valence-electron chi connectivity index (χ3n) is 12.3. The van der Waals surface area contributed by atoms with Gasteiger partial charge in [-0.05, 0) is 48.7 Å². The number of aliphatic carboxylic acids is 1. The third-order valence-corrected chi connectivity index (χ3v) is 12.3. The number of unbranched alkanes of at least 4 members (excludes halogenated alkanes) is 12. The summed E-state index contributed by atoms with van der Waals surface area (Å²) < 4.78 is 0. The van der Waals surface area contributed by atoms with Crippen molar-refractivity contribution < 1.29 is 54.0 Å². The fourth-order valence-electron chi connectivity index (χ4n) is 8.11. The molecule has 0 radical (unpaired) electrons. The summed E-state index contributed by atoms with van der Waals surface area (Å²) in [5.41, 5.74) is 0.944. The van der Waals surface area contributed by atoms with Crippen molar-refractivity contribution >= 4 is 41.2 Å². The first kappa shape index (κ1) is 53.0. The summed E-state index contributed by atoms with van der Waals surface area (Å²) in [6.07, 6.45) is 14.4. The van der Waals surface area contributed by atoms with Gasteiger partial charge in [0, 0.05) is 69.7 Å². The van der Waals surface area contributed by atoms with Crippen molar-refractivity contribution in [3.63, 3.8) is 0 Å². The number of phenols is 2. The number of carbonyl (C=O) groups is 7. The summed E-state index contributed by atoms with van der Waals surface area (Å²) in [6.45, 7) is 4.72. The van der Waals surface area contributed by atoms with Gasteiger partial charge in [0.05, 0.1) is 18.7 Å². The first-order chi connectivity index (χ1) is 30.5. The van der Waals surface area contributed by atoms with Crippen LogP contribution in [0.3, 0.4) is 0 Å². The minimum atomic E-state index is -1.36. The van der Waals surface area contributed by atoms with E-state index in [4.69, 9.17) is 0 Å². The van der Waals surface area contributed by atoms with Crippen molar-refractivity contribution in [2.24, 2.45) is 5.92 Å². The number of aliphatic hydroxyl groups is 1. The van der Waals surface area contributed by atoms with Crippen LogP contribution in [-0.4, -0.2) is 110 Å². The number of hydrogen-bond donors (Lipinski definition) is 6. The molecule has 0 aromatic heterocycles.